The van der Waals surface area contributed by atoms with Crippen molar-refractivity contribution in [2.24, 2.45) is 0 Å². The third kappa shape index (κ3) is 6.94. The van der Waals surface area contributed by atoms with E-state index in [4.69, 9.17) is 14.2 Å². The molecule has 0 radical (unpaired) electrons. The molecular weight excluding hydrogens is 334 g/mol. The van der Waals surface area contributed by atoms with Gasteiger partial charge in [-0.15, -0.1) is 0 Å². The van der Waals surface area contributed by atoms with E-state index in [-0.39, 0.29) is 13.0 Å². The number of rotatable bonds is 9. The minimum Gasteiger partial charge on any atom is -0.458 e. The molecule has 0 bridgehead atoms. The highest BCUT2D eigenvalue weighted by Crippen LogP contribution is 2.10. The first kappa shape index (κ1) is 19.5. The predicted octanol–water partition coefficient (Wildman–Crippen LogP) is 2.71. The molecule has 0 spiro atoms. The molecule has 1 N–H and O–H groups in total. The molecule has 0 aromatic heterocycles. The van der Waals surface area contributed by atoms with Crippen LogP contribution in [0.1, 0.15) is 11.1 Å². The van der Waals surface area contributed by atoms with Gasteiger partial charge in [0.1, 0.15) is 6.61 Å². The summed E-state index contributed by atoms with van der Waals surface area (Å²) < 4.78 is 15.5. The average Bonchev–Trinajstić information content (AvgIpc) is 2.67. The van der Waals surface area contributed by atoms with Crippen LogP contribution in [0.25, 0.3) is 0 Å². The van der Waals surface area contributed by atoms with E-state index in [2.05, 4.69) is 5.32 Å². The van der Waals surface area contributed by atoms with Crippen LogP contribution in [0.3, 0.4) is 0 Å². The van der Waals surface area contributed by atoms with E-state index in [0.29, 0.717) is 13.2 Å². The summed E-state index contributed by atoms with van der Waals surface area (Å²) in [5.74, 6) is -0.584. The van der Waals surface area contributed by atoms with Gasteiger partial charge in [0.25, 0.3) is 0 Å². The van der Waals surface area contributed by atoms with Gasteiger partial charge in [-0.2, -0.15) is 0 Å². The molecule has 1 unspecified atom stereocenters. The summed E-state index contributed by atoms with van der Waals surface area (Å²) in [6, 6.07) is 18.7. The molecule has 2 aromatic rings. The molecule has 0 heterocycles. The SMILES string of the molecule is COCCNC(=O)OC(Cc1ccccc1)C(=O)OCc1ccccc1. The van der Waals surface area contributed by atoms with Gasteiger partial charge in [0.05, 0.1) is 6.61 Å². The highest BCUT2D eigenvalue weighted by Gasteiger charge is 2.25. The molecule has 1 atom stereocenters. The predicted molar refractivity (Wildman–Crippen MR) is 96.5 cm³/mol. The summed E-state index contributed by atoms with van der Waals surface area (Å²) in [6.45, 7) is 0.781. The molecule has 0 aliphatic heterocycles. The normalized spacial score (nSPS) is 11.4. The second-order valence-electron chi connectivity index (χ2n) is 5.60. The summed E-state index contributed by atoms with van der Waals surface area (Å²) in [6.07, 6.45) is -1.46. The molecule has 1 amide bonds. The van der Waals surface area contributed by atoms with E-state index >= 15 is 0 Å². The molecule has 0 saturated heterocycles. The minimum absolute atomic E-state index is 0.125. The Bertz CT molecular complexity index is 675. The van der Waals surface area contributed by atoms with Gasteiger partial charge >= 0.3 is 12.1 Å². The first-order valence-corrected chi connectivity index (χ1v) is 8.37. The van der Waals surface area contributed by atoms with Crippen molar-refractivity contribution in [3.8, 4) is 0 Å². The van der Waals surface area contributed by atoms with E-state index in [1.54, 1.807) is 0 Å². The maximum Gasteiger partial charge on any atom is 0.408 e. The summed E-state index contributed by atoms with van der Waals surface area (Å²) in [5, 5.41) is 2.53. The number of hydrogen-bond acceptors (Lipinski definition) is 5. The quantitative estimate of drug-likeness (QED) is 0.552. The molecule has 0 aliphatic rings. The van der Waals surface area contributed by atoms with Crippen molar-refractivity contribution in [1.82, 2.24) is 5.32 Å². The second-order valence-corrected chi connectivity index (χ2v) is 5.60. The molecule has 6 heteroatoms. The maximum absolute atomic E-state index is 12.4. The number of carbonyl (C=O) groups excluding carboxylic acids is 2. The van der Waals surface area contributed by atoms with Gasteiger partial charge in [0.15, 0.2) is 0 Å². The third-order valence-corrected chi connectivity index (χ3v) is 3.58. The Morgan fingerprint density at radius 1 is 0.962 bits per heavy atom. The van der Waals surface area contributed by atoms with Crippen molar-refractivity contribution in [3.05, 3.63) is 71.8 Å². The lowest BCUT2D eigenvalue weighted by atomic mass is 10.1. The number of esters is 1. The number of methoxy groups -OCH3 is 1. The fourth-order valence-electron chi connectivity index (χ4n) is 2.25. The highest BCUT2D eigenvalue weighted by molar-refractivity contribution is 5.79. The zero-order valence-corrected chi connectivity index (χ0v) is 14.7. The van der Waals surface area contributed by atoms with Crippen molar-refractivity contribution in [2.45, 2.75) is 19.1 Å². The summed E-state index contributed by atoms with van der Waals surface area (Å²) >= 11 is 0. The molecule has 0 aliphatic carbocycles. The number of hydrogen-bond donors (Lipinski definition) is 1. The molecule has 138 valence electrons. The number of alkyl carbamates (subject to hydrolysis) is 1. The van der Waals surface area contributed by atoms with Crippen LogP contribution in [0.4, 0.5) is 4.79 Å². The fourth-order valence-corrected chi connectivity index (χ4v) is 2.25. The van der Waals surface area contributed by atoms with Crippen molar-refractivity contribution in [1.29, 1.82) is 0 Å². The topological polar surface area (TPSA) is 73.9 Å². The zero-order valence-electron chi connectivity index (χ0n) is 14.7. The first-order valence-electron chi connectivity index (χ1n) is 8.37. The van der Waals surface area contributed by atoms with Crippen molar-refractivity contribution in [3.63, 3.8) is 0 Å². The van der Waals surface area contributed by atoms with Gasteiger partial charge < -0.3 is 19.5 Å². The largest absolute Gasteiger partial charge is 0.458 e. The van der Waals surface area contributed by atoms with Crippen LogP contribution in [0.2, 0.25) is 0 Å². The standard InChI is InChI=1S/C20H23NO5/c1-24-13-12-21-20(23)26-18(14-16-8-4-2-5-9-16)19(22)25-15-17-10-6-3-7-11-17/h2-11,18H,12-15H2,1H3,(H,21,23). The first-order chi connectivity index (χ1) is 12.7. The monoisotopic (exact) mass is 357 g/mol. The van der Waals surface area contributed by atoms with Crippen molar-refractivity contribution in [2.75, 3.05) is 20.3 Å². The summed E-state index contributed by atoms with van der Waals surface area (Å²) in [7, 11) is 1.53. The van der Waals surface area contributed by atoms with Crippen LogP contribution >= 0.6 is 0 Å². The smallest absolute Gasteiger partial charge is 0.408 e. The van der Waals surface area contributed by atoms with Crippen molar-refractivity contribution >= 4 is 12.1 Å². The Morgan fingerprint density at radius 3 is 2.19 bits per heavy atom. The summed E-state index contributed by atoms with van der Waals surface area (Å²) in [4.78, 5) is 24.3. The van der Waals surface area contributed by atoms with Crippen LogP contribution in [0.15, 0.2) is 60.7 Å². The molecule has 0 fully saturated rings. The highest BCUT2D eigenvalue weighted by atomic mass is 16.6. The molecule has 2 aromatic carbocycles. The number of nitrogens with one attached hydrogen (secondary N) is 1. The Labute approximate surface area is 153 Å². The van der Waals surface area contributed by atoms with Crippen molar-refractivity contribution < 1.29 is 23.8 Å². The van der Waals surface area contributed by atoms with E-state index in [1.807, 2.05) is 60.7 Å². The number of ether oxygens (including phenoxy) is 3. The van der Waals surface area contributed by atoms with E-state index < -0.39 is 18.2 Å². The van der Waals surface area contributed by atoms with E-state index in [0.717, 1.165) is 11.1 Å². The van der Waals surface area contributed by atoms with Crippen LogP contribution in [-0.2, 0) is 32.0 Å². The third-order valence-electron chi connectivity index (χ3n) is 3.58. The average molecular weight is 357 g/mol. The Hall–Kier alpha value is -2.86. The fraction of sp³-hybridized carbons (Fsp3) is 0.300. The Morgan fingerprint density at radius 2 is 1.58 bits per heavy atom. The van der Waals surface area contributed by atoms with Crippen LogP contribution in [0.5, 0.6) is 0 Å². The number of benzene rings is 2. The molecular formula is C20H23NO5. The van der Waals surface area contributed by atoms with Gasteiger partial charge in [-0.1, -0.05) is 60.7 Å². The van der Waals surface area contributed by atoms with Crippen LogP contribution in [-0.4, -0.2) is 38.4 Å². The lowest BCUT2D eigenvalue weighted by Crippen LogP contribution is -2.37. The number of amides is 1. The van der Waals surface area contributed by atoms with Crippen LogP contribution < -0.4 is 5.32 Å². The molecule has 6 nitrogen and oxygen atoms in total. The van der Waals surface area contributed by atoms with Gasteiger partial charge in [-0.3, -0.25) is 0 Å². The lowest BCUT2D eigenvalue weighted by molar-refractivity contribution is -0.155. The second kappa shape index (κ2) is 10.9. The van der Waals surface area contributed by atoms with E-state index in [1.165, 1.54) is 7.11 Å². The van der Waals surface area contributed by atoms with Gasteiger partial charge in [0.2, 0.25) is 6.10 Å². The maximum atomic E-state index is 12.4. The van der Waals surface area contributed by atoms with E-state index in [9.17, 15) is 9.59 Å². The van der Waals surface area contributed by atoms with Gasteiger partial charge in [0, 0.05) is 20.1 Å². The van der Waals surface area contributed by atoms with Gasteiger partial charge in [-0.05, 0) is 11.1 Å². The Kier molecular flexibility index (Phi) is 8.15. The van der Waals surface area contributed by atoms with Crippen LogP contribution in [0, 0.1) is 0 Å². The molecule has 0 saturated carbocycles. The minimum atomic E-state index is -1.02. The Balaban J connectivity index is 1.96. The lowest BCUT2D eigenvalue weighted by Gasteiger charge is -2.17. The summed E-state index contributed by atoms with van der Waals surface area (Å²) in [5.41, 5.74) is 1.74. The number of carbonyl (C=O) groups is 2. The van der Waals surface area contributed by atoms with Gasteiger partial charge in [-0.25, -0.2) is 9.59 Å². The molecule has 26 heavy (non-hydrogen) atoms. The zero-order chi connectivity index (χ0) is 18.6. The molecule has 2 rings (SSSR count).